The summed E-state index contributed by atoms with van der Waals surface area (Å²) in [6.45, 7) is 5.44. The van der Waals surface area contributed by atoms with Crippen LogP contribution in [0.3, 0.4) is 0 Å². The summed E-state index contributed by atoms with van der Waals surface area (Å²) in [5, 5.41) is 3.12. The van der Waals surface area contributed by atoms with Crippen LogP contribution >= 0.6 is 0 Å². The van der Waals surface area contributed by atoms with Crippen molar-refractivity contribution in [2.24, 2.45) is 5.92 Å². The normalized spacial score (nSPS) is 20.4. The van der Waals surface area contributed by atoms with E-state index in [0.717, 1.165) is 44.6 Å². The van der Waals surface area contributed by atoms with E-state index >= 15 is 0 Å². The lowest BCUT2D eigenvalue weighted by atomic mass is 9.96. The molecular formula is C22H32F3N3O3S. The average molecular weight is 476 g/mol. The van der Waals surface area contributed by atoms with E-state index in [1.54, 1.807) is 0 Å². The predicted molar refractivity (Wildman–Crippen MR) is 115 cm³/mol. The molecule has 180 valence electrons. The molecule has 1 amide bonds. The number of hydrogen-bond acceptors (Lipinski definition) is 4. The molecule has 2 aliphatic heterocycles. The van der Waals surface area contributed by atoms with Gasteiger partial charge in [0.05, 0.1) is 10.5 Å². The topological polar surface area (TPSA) is 69.7 Å². The number of carbonyl (C=O) groups is 1. The van der Waals surface area contributed by atoms with Crippen LogP contribution in [0.2, 0.25) is 0 Å². The fourth-order valence-electron chi connectivity index (χ4n) is 4.34. The lowest BCUT2D eigenvalue weighted by Crippen LogP contribution is -2.48. The van der Waals surface area contributed by atoms with Gasteiger partial charge in [0.25, 0.3) is 0 Å². The van der Waals surface area contributed by atoms with Crippen LogP contribution < -0.4 is 5.32 Å². The summed E-state index contributed by atoms with van der Waals surface area (Å²) in [5.41, 5.74) is -0.992. The molecule has 0 atom stereocenters. The SMILES string of the molecule is CCCCN1CCC(NC(=O)C2CCN(S(=O)(=O)c3cccc(C(F)(F)F)c3)CC2)CC1. The van der Waals surface area contributed by atoms with E-state index in [0.29, 0.717) is 18.9 Å². The maximum absolute atomic E-state index is 13.0. The summed E-state index contributed by atoms with van der Waals surface area (Å²) in [6.07, 6.45) is 0.288. The first-order valence-corrected chi connectivity index (χ1v) is 12.8. The highest BCUT2D eigenvalue weighted by molar-refractivity contribution is 7.89. The molecule has 1 aromatic rings. The summed E-state index contributed by atoms with van der Waals surface area (Å²) < 4.78 is 65.7. The molecule has 0 bridgehead atoms. The number of piperidine rings is 2. The minimum absolute atomic E-state index is 0.0480. The molecule has 0 spiro atoms. The highest BCUT2D eigenvalue weighted by atomic mass is 32.2. The Hall–Kier alpha value is -1.65. The number of nitrogens with one attached hydrogen (secondary N) is 1. The number of rotatable bonds is 7. The van der Waals surface area contributed by atoms with Gasteiger partial charge in [-0.3, -0.25) is 4.79 Å². The van der Waals surface area contributed by atoms with Gasteiger partial charge >= 0.3 is 6.18 Å². The van der Waals surface area contributed by atoms with Gasteiger partial charge in [0.1, 0.15) is 0 Å². The highest BCUT2D eigenvalue weighted by Crippen LogP contribution is 2.32. The first kappa shape index (κ1) is 25.0. The fraction of sp³-hybridized carbons (Fsp3) is 0.682. The van der Waals surface area contributed by atoms with E-state index in [1.807, 2.05) is 0 Å². The zero-order chi connectivity index (χ0) is 23.4. The molecule has 0 aliphatic carbocycles. The van der Waals surface area contributed by atoms with Crippen LogP contribution in [0.5, 0.6) is 0 Å². The maximum Gasteiger partial charge on any atom is 0.416 e. The lowest BCUT2D eigenvalue weighted by molar-refractivity contribution is -0.137. The molecular weight excluding hydrogens is 443 g/mol. The van der Waals surface area contributed by atoms with Crippen LogP contribution in [0, 0.1) is 5.92 Å². The molecule has 1 N–H and O–H groups in total. The number of hydrogen-bond donors (Lipinski definition) is 1. The van der Waals surface area contributed by atoms with Crippen molar-refractivity contribution in [3.8, 4) is 0 Å². The second-order valence-corrected chi connectivity index (χ2v) is 10.6. The summed E-state index contributed by atoms with van der Waals surface area (Å²) >= 11 is 0. The Kier molecular flexibility index (Phi) is 8.21. The Labute approximate surface area is 188 Å². The number of unbranched alkanes of at least 4 members (excludes halogenated alkanes) is 1. The number of sulfonamides is 1. The van der Waals surface area contributed by atoms with Crippen molar-refractivity contribution in [3.63, 3.8) is 0 Å². The van der Waals surface area contributed by atoms with Gasteiger partial charge in [-0.25, -0.2) is 8.42 Å². The summed E-state index contributed by atoms with van der Waals surface area (Å²) in [7, 11) is -4.04. The van der Waals surface area contributed by atoms with Gasteiger partial charge in [-0.15, -0.1) is 0 Å². The highest BCUT2D eigenvalue weighted by Gasteiger charge is 2.35. The third-order valence-electron chi connectivity index (χ3n) is 6.39. The molecule has 2 aliphatic rings. The van der Waals surface area contributed by atoms with Gasteiger partial charge in [0, 0.05) is 38.1 Å². The van der Waals surface area contributed by atoms with Crippen molar-refractivity contribution in [2.45, 2.75) is 62.6 Å². The van der Waals surface area contributed by atoms with Crippen molar-refractivity contribution >= 4 is 15.9 Å². The molecule has 0 unspecified atom stereocenters. The molecule has 2 heterocycles. The molecule has 6 nitrogen and oxygen atoms in total. The number of alkyl halides is 3. The van der Waals surface area contributed by atoms with Gasteiger partial charge < -0.3 is 10.2 Å². The minimum atomic E-state index is -4.61. The Morgan fingerprint density at radius 3 is 2.34 bits per heavy atom. The fourth-order valence-corrected chi connectivity index (χ4v) is 5.86. The first-order chi connectivity index (χ1) is 15.1. The molecule has 2 saturated heterocycles. The van der Waals surface area contributed by atoms with Crippen LogP contribution in [-0.2, 0) is 21.0 Å². The predicted octanol–water partition coefficient (Wildman–Crippen LogP) is 3.49. The minimum Gasteiger partial charge on any atom is -0.353 e. The smallest absolute Gasteiger partial charge is 0.353 e. The average Bonchev–Trinajstić information content (AvgIpc) is 2.78. The van der Waals surface area contributed by atoms with Crippen molar-refractivity contribution < 1.29 is 26.4 Å². The summed E-state index contributed by atoms with van der Waals surface area (Å²) in [4.78, 5) is 14.7. The van der Waals surface area contributed by atoms with E-state index in [1.165, 1.54) is 23.2 Å². The van der Waals surface area contributed by atoms with Gasteiger partial charge in [0.15, 0.2) is 0 Å². The first-order valence-electron chi connectivity index (χ1n) is 11.3. The zero-order valence-electron chi connectivity index (χ0n) is 18.4. The molecule has 32 heavy (non-hydrogen) atoms. The van der Waals surface area contributed by atoms with E-state index < -0.39 is 21.8 Å². The van der Waals surface area contributed by atoms with Crippen molar-refractivity contribution in [3.05, 3.63) is 29.8 Å². The van der Waals surface area contributed by atoms with Crippen molar-refractivity contribution in [1.29, 1.82) is 0 Å². The van der Waals surface area contributed by atoms with E-state index in [-0.39, 0.29) is 35.9 Å². The third kappa shape index (κ3) is 6.23. The van der Waals surface area contributed by atoms with Gasteiger partial charge in [0.2, 0.25) is 15.9 Å². The largest absolute Gasteiger partial charge is 0.416 e. The van der Waals surface area contributed by atoms with E-state index in [9.17, 15) is 26.4 Å². The molecule has 2 fully saturated rings. The second-order valence-electron chi connectivity index (χ2n) is 8.68. The number of carbonyl (C=O) groups excluding carboxylic acids is 1. The zero-order valence-corrected chi connectivity index (χ0v) is 19.2. The third-order valence-corrected chi connectivity index (χ3v) is 8.28. The van der Waals surface area contributed by atoms with Gasteiger partial charge in [-0.1, -0.05) is 19.4 Å². The van der Waals surface area contributed by atoms with Crippen LogP contribution in [0.4, 0.5) is 13.2 Å². The van der Waals surface area contributed by atoms with Gasteiger partial charge in [-0.05, 0) is 56.8 Å². The van der Waals surface area contributed by atoms with Crippen LogP contribution in [-0.4, -0.2) is 62.3 Å². The Bertz CT molecular complexity index is 876. The van der Waals surface area contributed by atoms with Crippen LogP contribution in [0.25, 0.3) is 0 Å². The number of likely N-dealkylation sites (tertiary alicyclic amines) is 1. The molecule has 0 aromatic heterocycles. The van der Waals surface area contributed by atoms with E-state index in [4.69, 9.17) is 0 Å². The molecule has 0 saturated carbocycles. The number of nitrogens with zero attached hydrogens (tertiary/aromatic N) is 2. The number of benzene rings is 1. The standard InChI is InChI=1S/C22H32F3N3O3S/c1-2-3-11-27-12-9-19(10-13-27)26-21(29)17-7-14-28(15-8-17)32(30,31)20-6-4-5-18(16-20)22(23,24)25/h4-6,16-17,19H,2-3,7-15H2,1H3,(H,26,29). The van der Waals surface area contributed by atoms with Crippen LogP contribution in [0.15, 0.2) is 29.2 Å². The lowest BCUT2D eigenvalue weighted by Gasteiger charge is -2.34. The van der Waals surface area contributed by atoms with E-state index in [2.05, 4.69) is 17.1 Å². The second kappa shape index (κ2) is 10.5. The number of halogens is 3. The van der Waals surface area contributed by atoms with Gasteiger partial charge in [-0.2, -0.15) is 17.5 Å². The molecule has 3 rings (SSSR count). The molecule has 0 radical (unpaired) electrons. The molecule has 1 aromatic carbocycles. The maximum atomic E-state index is 13.0. The van der Waals surface area contributed by atoms with Crippen molar-refractivity contribution in [2.75, 3.05) is 32.7 Å². The summed E-state index contributed by atoms with van der Waals surface area (Å²) in [5.74, 6) is -0.325. The quantitative estimate of drug-likeness (QED) is 0.656. The number of amides is 1. The Balaban J connectivity index is 1.51. The molecule has 10 heteroatoms. The Morgan fingerprint density at radius 2 is 1.75 bits per heavy atom. The summed E-state index contributed by atoms with van der Waals surface area (Å²) in [6, 6.07) is 3.94. The monoisotopic (exact) mass is 475 g/mol. The Morgan fingerprint density at radius 1 is 1.09 bits per heavy atom. The van der Waals surface area contributed by atoms with Crippen LogP contribution in [0.1, 0.15) is 51.0 Å². The van der Waals surface area contributed by atoms with Crippen molar-refractivity contribution in [1.82, 2.24) is 14.5 Å².